The number of hydrogen-bond donors (Lipinski definition) is 0. The Bertz CT molecular complexity index is 1030. The Morgan fingerprint density at radius 2 is 1.38 bits per heavy atom. The molecular weight excluding hydrogens is 441 g/mol. The van der Waals surface area contributed by atoms with Gasteiger partial charge in [0.2, 0.25) is 5.88 Å². The average Bonchev–Trinajstić information content (AvgIpc) is 2.77. The number of ether oxygens (including phenoxy) is 2. The molecule has 0 spiro atoms. The summed E-state index contributed by atoms with van der Waals surface area (Å²) in [6.07, 6.45) is 0.417. The molecule has 3 aliphatic carbocycles. The molecule has 34 heavy (non-hydrogen) atoms. The zero-order valence-electron chi connectivity index (χ0n) is 18.8. The van der Waals surface area contributed by atoms with Gasteiger partial charge in [-0.15, -0.1) is 13.2 Å². The number of benzene rings is 2. The fourth-order valence-corrected chi connectivity index (χ4v) is 5.46. The molecule has 3 aromatic rings. The van der Waals surface area contributed by atoms with Gasteiger partial charge in [0.05, 0.1) is 6.61 Å². The highest BCUT2D eigenvalue weighted by molar-refractivity contribution is 5.42. The molecule has 0 radical (unpaired) electrons. The minimum absolute atomic E-state index is 0.135. The summed E-state index contributed by atoms with van der Waals surface area (Å²) in [5.41, 5.74) is 4.13. The number of hydrogen-bond acceptors (Lipinski definition) is 4. The van der Waals surface area contributed by atoms with Gasteiger partial charge in [-0.05, 0) is 36.0 Å². The molecule has 0 aliphatic heterocycles. The van der Waals surface area contributed by atoms with Crippen LogP contribution in [0.1, 0.15) is 36.0 Å². The molecule has 3 saturated carbocycles. The highest BCUT2D eigenvalue weighted by Crippen LogP contribution is 2.70. The smallest absolute Gasteiger partial charge is 0.475 e. The zero-order chi connectivity index (χ0) is 23.7. The van der Waals surface area contributed by atoms with Crippen LogP contribution >= 0.6 is 0 Å². The lowest BCUT2D eigenvalue weighted by molar-refractivity contribution is -0.325. The zero-order valence-corrected chi connectivity index (χ0v) is 18.8. The van der Waals surface area contributed by atoms with Gasteiger partial charge in [0, 0.05) is 36.3 Å². The molecule has 0 amide bonds. The normalized spacial score (nSPS) is 23.3. The van der Waals surface area contributed by atoms with Crippen LogP contribution in [0.25, 0.3) is 0 Å². The predicted molar refractivity (Wildman–Crippen MR) is 122 cm³/mol. The molecule has 3 aliphatic rings. The maximum absolute atomic E-state index is 12.1. The molecule has 1 aromatic heterocycles. The molecule has 0 N–H and O–H groups in total. The summed E-state index contributed by atoms with van der Waals surface area (Å²) in [6.45, 7) is 1.07. The van der Waals surface area contributed by atoms with E-state index in [4.69, 9.17) is 4.74 Å². The summed E-state index contributed by atoms with van der Waals surface area (Å²) >= 11 is 0. The monoisotopic (exact) mass is 468 g/mol. The Labute approximate surface area is 197 Å². The van der Waals surface area contributed by atoms with Crippen LogP contribution in [0.2, 0.25) is 0 Å². The third-order valence-electron chi connectivity index (χ3n) is 7.05. The van der Waals surface area contributed by atoms with E-state index in [9.17, 15) is 13.2 Å². The van der Waals surface area contributed by atoms with E-state index in [1.807, 2.05) is 24.4 Å². The fourth-order valence-electron chi connectivity index (χ4n) is 5.46. The van der Waals surface area contributed by atoms with E-state index in [0.29, 0.717) is 5.88 Å². The van der Waals surface area contributed by atoms with Crippen molar-refractivity contribution < 1.29 is 22.6 Å². The maximum Gasteiger partial charge on any atom is 0.522 e. The van der Waals surface area contributed by atoms with E-state index in [-0.39, 0.29) is 17.6 Å². The molecule has 0 saturated heterocycles. The standard InChI is InChI=1S/C27H27F3N2O2/c28-27(29,30)34-14-13-33-24-12-11-23(15-31-24)25-18-26(19-25,20-25)32(16-21-7-3-1-4-8-21)17-22-9-5-2-6-10-22/h1-12,15H,13-14,16-20H2. The number of nitrogens with zero attached hydrogens (tertiary/aromatic N) is 2. The minimum atomic E-state index is -4.64. The van der Waals surface area contributed by atoms with Crippen LogP contribution in [0.15, 0.2) is 79.0 Å². The lowest BCUT2D eigenvalue weighted by atomic mass is 9.37. The first-order chi connectivity index (χ1) is 16.4. The van der Waals surface area contributed by atoms with Gasteiger partial charge < -0.3 is 4.74 Å². The Kier molecular flexibility index (Phi) is 6.08. The van der Waals surface area contributed by atoms with Crippen LogP contribution in [0.5, 0.6) is 5.88 Å². The van der Waals surface area contributed by atoms with Gasteiger partial charge in [-0.1, -0.05) is 66.7 Å². The van der Waals surface area contributed by atoms with E-state index >= 15 is 0 Å². The van der Waals surface area contributed by atoms with Crippen molar-refractivity contribution in [2.24, 2.45) is 0 Å². The van der Waals surface area contributed by atoms with Crippen molar-refractivity contribution in [3.05, 3.63) is 95.7 Å². The van der Waals surface area contributed by atoms with Crippen LogP contribution in [0, 0.1) is 0 Å². The van der Waals surface area contributed by atoms with Crippen LogP contribution in [0.3, 0.4) is 0 Å². The molecule has 0 unspecified atom stereocenters. The van der Waals surface area contributed by atoms with Crippen molar-refractivity contribution in [2.45, 2.75) is 49.7 Å². The van der Waals surface area contributed by atoms with E-state index in [0.717, 1.165) is 32.4 Å². The first-order valence-electron chi connectivity index (χ1n) is 11.5. The summed E-state index contributed by atoms with van der Waals surface area (Å²) in [7, 11) is 0. The van der Waals surface area contributed by atoms with Gasteiger partial charge in [0.1, 0.15) is 6.61 Å². The fraction of sp³-hybridized carbons (Fsp3) is 0.370. The summed E-state index contributed by atoms with van der Waals surface area (Å²) in [6, 6.07) is 24.9. The molecule has 6 rings (SSSR count). The van der Waals surface area contributed by atoms with Gasteiger partial charge in [-0.25, -0.2) is 4.98 Å². The van der Waals surface area contributed by atoms with Gasteiger partial charge in [-0.3, -0.25) is 9.64 Å². The van der Waals surface area contributed by atoms with Crippen molar-refractivity contribution in [2.75, 3.05) is 13.2 Å². The minimum Gasteiger partial charge on any atom is -0.475 e. The summed E-state index contributed by atoms with van der Waals surface area (Å²) in [5.74, 6) is 0.311. The molecule has 4 nitrogen and oxygen atoms in total. The topological polar surface area (TPSA) is 34.6 Å². The summed E-state index contributed by atoms with van der Waals surface area (Å²) < 4.78 is 45.2. The molecule has 2 aromatic carbocycles. The molecule has 7 heteroatoms. The summed E-state index contributed by atoms with van der Waals surface area (Å²) in [5, 5.41) is 0. The molecule has 3 fully saturated rings. The van der Waals surface area contributed by atoms with Gasteiger partial charge in [0.25, 0.3) is 0 Å². The molecule has 0 atom stereocenters. The Balaban J connectivity index is 1.21. The Morgan fingerprint density at radius 3 is 1.88 bits per heavy atom. The molecule has 1 heterocycles. The molecular formula is C27H27F3N2O2. The van der Waals surface area contributed by atoms with E-state index < -0.39 is 13.0 Å². The van der Waals surface area contributed by atoms with Crippen molar-refractivity contribution >= 4 is 0 Å². The first kappa shape index (κ1) is 22.9. The van der Waals surface area contributed by atoms with Crippen molar-refractivity contribution in [1.29, 1.82) is 0 Å². The molecule has 178 valence electrons. The number of halogens is 3. The predicted octanol–water partition coefficient (Wildman–Crippen LogP) is 5.87. The third-order valence-corrected chi connectivity index (χ3v) is 7.05. The lowest BCUT2D eigenvalue weighted by Gasteiger charge is -2.74. The maximum atomic E-state index is 12.1. The van der Waals surface area contributed by atoms with Crippen LogP contribution in [0.4, 0.5) is 13.2 Å². The van der Waals surface area contributed by atoms with Crippen LogP contribution < -0.4 is 4.74 Å². The van der Waals surface area contributed by atoms with Crippen molar-refractivity contribution in [1.82, 2.24) is 9.88 Å². The average molecular weight is 469 g/mol. The second-order valence-corrected chi connectivity index (χ2v) is 9.39. The Hall–Kier alpha value is -2.90. The number of alkyl halides is 3. The van der Waals surface area contributed by atoms with Crippen LogP contribution in [-0.2, 0) is 23.2 Å². The van der Waals surface area contributed by atoms with Gasteiger partial charge in [0.15, 0.2) is 0 Å². The number of rotatable bonds is 10. The van der Waals surface area contributed by atoms with E-state index in [2.05, 4.69) is 63.2 Å². The second kappa shape index (κ2) is 9.04. The van der Waals surface area contributed by atoms with Crippen LogP contribution in [-0.4, -0.2) is 35.0 Å². The largest absolute Gasteiger partial charge is 0.522 e. The van der Waals surface area contributed by atoms with E-state index in [1.54, 1.807) is 6.07 Å². The van der Waals surface area contributed by atoms with Gasteiger partial charge >= 0.3 is 6.36 Å². The SMILES string of the molecule is FC(F)(F)OCCOc1ccc(C23CC(N(Cc4ccccc4)Cc4ccccc4)(C2)C3)cn1. The highest BCUT2D eigenvalue weighted by atomic mass is 19.4. The third kappa shape index (κ3) is 4.81. The Morgan fingerprint density at radius 1 is 0.794 bits per heavy atom. The lowest BCUT2D eigenvalue weighted by Crippen LogP contribution is -2.76. The van der Waals surface area contributed by atoms with Crippen molar-refractivity contribution in [3.63, 3.8) is 0 Å². The second-order valence-electron chi connectivity index (χ2n) is 9.39. The first-order valence-corrected chi connectivity index (χ1v) is 11.5. The summed E-state index contributed by atoms with van der Waals surface area (Å²) in [4.78, 5) is 6.93. The van der Waals surface area contributed by atoms with Crippen molar-refractivity contribution in [3.8, 4) is 5.88 Å². The van der Waals surface area contributed by atoms with E-state index in [1.165, 1.54) is 16.7 Å². The number of aromatic nitrogens is 1. The molecule has 2 bridgehead atoms. The number of pyridine rings is 1. The highest BCUT2D eigenvalue weighted by Gasteiger charge is 2.70. The quantitative estimate of drug-likeness (QED) is 0.349. The van der Waals surface area contributed by atoms with Gasteiger partial charge in [-0.2, -0.15) is 0 Å².